The van der Waals surface area contributed by atoms with Crippen LogP contribution in [0.1, 0.15) is 11.1 Å². The van der Waals surface area contributed by atoms with Crippen LogP contribution in [0, 0.1) is 13.8 Å². The number of rotatable bonds is 3. The lowest BCUT2D eigenvalue weighted by molar-refractivity contribution is 0.597. The Morgan fingerprint density at radius 2 is 1.23 bits per heavy atom. The van der Waals surface area contributed by atoms with Crippen LogP contribution in [-0.4, -0.2) is 17.1 Å². The Balaban J connectivity index is 1.11. The first-order valence-electron chi connectivity index (χ1n) is 17.3. The van der Waals surface area contributed by atoms with E-state index in [1.54, 1.807) is 29.7 Å². The van der Waals surface area contributed by atoms with Crippen LogP contribution < -0.4 is 42.5 Å². The number of aromatic nitrogens is 1. The molecule has 1 aromatic heterocycles. The van der Waals surface area contributed by atoms with E-state index in [4.69, 9.17) is 15.0 Å². The smallest absolute Gasteiger partial charge is 0.374 e. The summed E-state index contributed by atoms with van der Waals surface area (Å²) < 4.78 is 15.2. The molecule has 5 heterocycles. The van der Waals surface area contributed by atoms with E-state index in [-0.39, 0.29) is 12.1 Å². The number of hydrogen-bond donors (Lipinski definition) is 2. The summed E-state index contributed by atoms with van der Waals surface area (Å²) in [4.78, 5) is 20.0. The van der Waals surface area contributed by atoms with E-state index in [1.807, 2.05) is 13.0 Å². The Hall–Kier alpha value is -5.27. The third-order valence-corrected chi connectivity index (χ3v) is 14.4. The Morgan fingerprint density at radius 1 is 0.654 bits per heavy atom. The highest BCUT2D eigenvalue weighted by atomic mass is 32.2. The van der Waals surface area contributed by atoms with Crippen LogP contribution in [0.3, 0.4) is 0 Å². The van der Waals surface area contributed by atoms with Crippen molar-refractivity contribution in [3.8, 4) is 11.1 Å². The zero-order valence-corrected chi connectivity index (χ0v) is 30.7. The number of fused-ring (bicyclic) bond motifs is 10. The van der Waals surface area contributed by atoms with Crippen LogP contribution in [-0.2, 0) is 4.57 Å². The molecule has 0 fully saturated rings. The molecule has 0 spiro atoms. The maximum absolute atomic E-state index is 15.2. The topological polar surface area (TPSA) is 78.7 Å². The molecule has 4 aromatic carbocycles. The van der Waals surface area contributed by atoms with E-state index in [2.05, 4.69) is 121 Å². The number of pyridine rings is 1. The summed E-state index contributed by atoms with van der Waals surface area (Å²) in [6.45, 7) is 4.14. The second-order valence-electron chi connectivity index (χ2n) is 13.6. The fourth-order valence-corrected chi connectivity index (χ4v) is 11.8. The van der Waals surface area contributed by atoms with Gasteiger partial charge in [-0.15, -0.1) is 0 Å². The number of nitrogens with zero attached hydrogens (tertiary/aromatic N) is 3. The Kier molecular flexibility index (Phi) is 6.64. The molecule has 5 aromatic rings. The quantitative estimate of drug-likeness (QED) is 0.189. The van der Waals surface area contributed by atoms with Gasteiger partial charge in [0.15, 0.2) is 0 Å². The molecule has 2 N–H and O–H groups in total. The van der Waals surface area contributed by atoms with E-state index < -0.39 is 7.80 Å². The van der Waals surface area contributed by atoms with Crippen LogP contribution in [0.4, 0.5) is 22.7 Å². The molecule has 0 radical (unpaired) electrons. The lowest BCUT2D eigenvalue weighted by Gasteiger charge is -2.18. The van der Waals surface area contributed by atoms with Gasteiger partial charge in [-0.3, -0.25) is 0 Å². The minimum atomic E-state index is -2.15. The minimum Gasteiger partial charge on any atom is -0.374 e. The first-order chi connectivity index (χ1) is 25.5. The summed E-state index contributed by atoms with van der Waals surface area (Å²) >= 11 is 3.44. The van der Waals surface area contributed by atoms with Crippen molar-refractivity contribution in [2.75, 3.05) is 10.6 Å². The lowest BCUT2D eigenvalue weighted by atomic mass is 9.99. The highest BCUT2D eigenvalue weighted by Crippen LogP contribution is 2.47. The molecule has 11 rings (SSSR count). The van der Waals surface area contributed by atoms with Crippen LogP contribution in [0.5, 0.6) is 0 Å². The van der Waals surface area contributed by atoms with Crippen molar-refractivity contribution in [2.24, 2.45) is 9.98 Å². The van der Waals surface area contributed by atoms with Gasteiger partial charge in [0, 0.05) is 58.7 Å². The van der Waals surface area contributed by atoms with Crippen molar-refractivity contribution in [2.45, 2.75) is 45.5 Å². The molecule has 4 aliphatic heterocycles. The molecule has 6 nitrogen and oxygen atoms in total. The number of anilines is 2. The molecule has 52 heavy (non-hydrogen) atoms. The molecule has 3 atom stereocenters. The second kappa shape index (κ2) is 11.4. The number of allylic oxidation sites excluding steroid dienone is 4. The monoisotopic (exact) mass is 726 g/mol. The van der Waals surface area contributed by atoms with E-state index in [0.717, 1.165) is 91.0 Å². The van der Waals surface area contributed by atoms with E-state index in [0.29, 0.717) is 5.44 Å². The van der Waals surface area contributed by atoms with Gasteiger partial charge >= 0.3 is 7.80 Å². The van der Waals surface area contributed by atoms with E-state index in [9.17, 15) is 0 Å². The summed E-state index contributed by atoms with van der Waals surface area (Å²) in [5, 5.41) is 12.2. The standard InChI is InChI=1S/C43H29N5OPS2/c1-22-13-17-31-38(47-39-32(51-31)19-15-29-36(39)24-8-3-5-11-27(24)45-29)35(22)26-10-7-21-44-43(26)50(49)42-23(2)14-18-34-41(42)48-40-33(52-34)20-16-30-37(40)25-9-4-6-12-28(25)46-30/h3-21,27-28,45-46H,1-2H3/q+1. The summed E-state index contributed by atoms with van der Waals surface area (Å²) in [5.74, 6) is 0. The average molecular weight is 727 g/mol. The van der Waals surface area contributed by atoms with Crippen molar-refractivity contribution in [1.82, 2.24) is 4.98 Å². The van der Waals surface area contributed by atoms with E-state index in [1.165, 1.54) is 11.1 Å². The predicted octanol–water partition coefficient (Wildman–Crippen LogP) is 7.12. The summed E-state index contributed by atoms with van der Waals surface area (Å²) in [5.41, 5.74) is 10.6. The number of aryl methyl sites for hydroxylation is 2. The van der Waals surface area contributed by atoms with Gasteiger partial charge < -0.3 is 10.6 Å². The highest BCUT2D eigenvalue weighted by Gasteiger charge is 2.38. The van der Waals surface area contributed by atoms with Gasteiger partial charge in [-0.25, -0.2) is 15.0 Å². The van der Waals surface area contributed by atoms with Gasteiger partial charge in [0.2, 0.25) is 5.30 Å². The third kappa shape index (κ3) is 4.38. The van der Waals surface area contributed by atoms with Crippen LogP contribution in [0.15, 0.2) is 145 Å². The maximum Gasteiger partial charge on any atom is 0.438 e. The van der Waals surface area contributed by atoms with Crippen molar-refractivity contribution >= 4 is 76.0 Å². The van der Waals surface area contributed by atoms with Crippen molar-refractivity contribution in [1.29, 1.82) is 0 Å². The minimum absolute atomic E-state index is 0.127. The Morgan fingerprint density at radius 3 is 1.88 bits per heavy atom. The molecule has 3 unspecified atom stereocenters. The van der Waals surface area contributed by atoms with Gasteiger partial charge in [0.1, 0.15) is 5.69 Å². The molecule has 0 saturated heterocycles. The van der Waals surface area contributed by atoms with Crippen LogP contribution in [0.2, 0.25) is 0 Å². The molecule has 2 aliphatic carbocycles. The number of benzene rings is 4. The fourth-order valence-electron chi connectivity index (χ4n) is 8.14. The van der Waals surface area contributed by atoms with Crippen molar-refractivity contribution < 1.29 is 4.57 Å². The maximum atomic E-state index is 15.2. The van der Waals surface area contributed by atoms with Crippen molar-refractivity contribution in [3.05, 3.63) is 148 Å². The lowest BCUT2D eigenvalue weighted by Crippen LogP contribution is -2.30. The van der Waals surface area contributed by atoms with Crippen molar-refractivity contribution in [3.63, 3.8) is 0 Å². The molecule has 6 aliphatic rings. The normalized spacial score (nSPS) is 19.1. The molecule has 9 heteroatoms. The first kappa shape index (κ1) is 30.4. The fraction of sp³-hybridized carbons (Fsp3) is 0.0930. The summed E-state index contributed by atoms with van der Waals surface area (Å²) in [6, 6.07) is 21.4. The summed E-state index contributed by atoms with van der Waals surface area (Å²) in [7, 11) is -2.15. The average Bonchev–Trinajstić information content (AvgIpc) is 3.75. The molecule has 0 bridgehead atoms. The molecular formula is C43H29N5OPS2+. The highest BCUT2D eigenvalue weighted by molar-refractivity contribution is 7.99. The molecular weight excluding hydrogens is 698 g/mol. The predicted molar refractivity (Wildman–Crippen MR) is 213 cm³/mol. The third-order valence-electron chi connectivity index (χ3n) is 10.5. The summed E-state index contributed by atoms with van der Waals surface area (Å²) in [6.07, 6.45) is 18.8. The van der Waals surface area contributed by atoms with Gasteiger partial charge in [-0.05, 0) is 79.1 Å². The Labute approximate surface area is 309 Å². The molecule has 0 saturated carbocycles. The first-order valence-corrected chi connectivity index (χ1v) is 20.2. The zero-order valence-electron chi connectivity index (χ0n) is 28.1. The number of nitrogens with one attached hydrogen (secondary N) is 2. The van der Waals surface area contributed by atoms with Crippen LogP contribution in [0.25, 0.3) is 22.3 Å². The van der Waals surface area contributed by atoms with E-state index >= 15 is 4.57 Å². The second-order valence-corrected chi connectivity index (χ2v) is 17.2. The van der Waals surface area contributed by atoms with Gasteiger partial charge in [-0.1, -0.05) is 88.8 Å². The van der Waals surface area contributed by atoms with Gasteiger partial charge in [0.25, 0.3) is 5.44 Å². The SMILES string of the molecule is Cc1ccc2c(c1-c1cccnc1[P+](=O)c1c(C)ccc3c1N=c1c(ccc4c1=C1C=CC=CC1N4)S3)N=c1c(ccc3c1=C1C=CC=CC1N3)S2. The largest absolute Gasteiger partial charge is 0.438 e. The number of hydrogen-bond acceptors (Lipinski definition) is 8. The molecule has 248 valence electrons. The zero-order chi connectivity index (χ0) is 34.7. The van der Waals surface area contributed by atoms with Crippen LogP contribution >= 0.6 is 31.3 Å². The van der Waals surface area contributed by atoms with Gasteiger partial charge in [-0.2, -0.15) is 0 Å². The Bertz CT molecular complexity index is 2930. The molecule has 0 amide bonds. The van der Waals surface area contributed by atoms with Gasteiger partial charge in [0.05, 0.1) is 34.0 Å².